The number of hydrogen-bond donors (Lipinski definition) is 1. The average Bonchev–Trinajstić information content (AvgIpc) is 2.39. The van der Waals surface area contributed by atoms with Gasteiger partial charge in [-0.15, -0.1) is 0 Å². The molecule has 6 nitrogen and oxygen atoms in total. The van der Waals surface area contributed by atoms with E-state index in [4.69, 9.17) is 9.84 Å². The molecule has 0 radical (unpaired) electrons. The average molecular weight is 258 g/mol. The van der Waals surface area contributed by atoms with Gasteiger partial charge in [0.2, 0.25) is 0 Å². The van der Waals surface area contributed by atoms with Gasteiger partial charge < -0.3 is 19.6 Å². The zero-order chi connectivity index (χ0) is 13.5. The normalized spacial score (nSPS) is 19.7. The molecular weight excluding hydrogens is 236 g/mol. The molecule has 0 aliphatic carbocycles. The van der Waals surface area contributed by atoms with Crippen molar-refractivity contribution >= 4 is 12.0 Å². The summed E-state index contributed by atoms with van der Waals surface area (Å²) in [6.07, 6.45) is 1.10. The quantitative estimate of drug-likeness (QED) is 0.799. The molecule has 0 bridgehead atoms. The highest BCUT2D eigenvalue weighted by Gasteiger charge is 2.30. The van der Waals surface area contributed by atoms with Crippen molar-refractivity contribution in [1.29, 1.82) is 0 Å². The molecule has 104 valence electrons. The summed E-state index contributed by atoms with van der Waals surface area (Å²) in [5, 5.41) is 8.90. The highest BCUT2D eigenvalue weighted by atomic mass is 16.5. The van der Waals surface area contributed by atoms with Crippen LogP contribution in [0.3, 0.4) is 0 Å². The number of carbonyl (C=O) groups excluding carboxylic acids is 1. The van der Waals surface area contributed by atoms with E-state index in [9.17, 15) is 9.59 Å². The lowest BCUT2D eigenvalue weighted by Crippen LogP contribution is -2.53. The Morgan fingerprint density at radius 2 is 2.17 bits per heavy atom. The second kappa shape index (κ2) is 7.20. The highest BCUT2D eigenvalue weighted by molar-refractivity contribution is 5.77. The maximum absolute atomic E-state index is 12.2. The Balaban J connectivity index is 2.55. The first kappa shape index (κ1) is 14.8. The Hall–Kier alpha value is -1.30. The van der Waals surface area contributed by atoms with Crippen molar-refractivity contribution < 1.29 is 19.4 Å². The number of aliphatic carboxylic acids is 1. The van der Waals surface area contributed by atoms with Crippen LogP contribution in [0.2, 0.25) is 0 Å². The van der Waals surface area contributed by atoms with Gasteiger partial charge in [-0.2, -0.15) is 0 Å². The molecule has 1 N–H and O–H groups in total. The largest absolute Gasteiger partial charge is 0.479 e. The summed E-state index contributed by atoms with van der Waals surface area (Å²) in [6, 6.07) is -0.0829. The van der Waals surface area contributed by atoms with E-state index in [1.807, 2.05) is 6.92 Å². The van der Waals surface area contributed by atoms with Crippen LogP contribution in [0.4, 0.5) is 4.79 Å². The van der Waals surface area contributed by atoms with Crippen molar-refractivity contribution in [1.82, 2.24) is 9.80 Å². The first-order chi connectivity index (χ1) is 8.60. The number of rotatable bonds is 5. The molecule has 0 spiro atoms. The number of carbonyl (C=O) groups is 2. The van der Waals surface area contributed by atoms with Crippen molar-refractivity contribution in [3.05, 3.63) is 0 Å². The molecule has 1 saturated heterocycles. The van der Waals surface area contributed by atoms with E-state index in [1.54, 1.807) is 9.80 Å². The van der Waals surface area contributed by atoms with Crippen LogP contribution >= 0.6 is 0 Å². The van der Waals surface area contributed by atoms with Crippen molar-refractivity contribution in [2.45, 2.75) is 32.8 Å². The predicted molar refractivity (Wildman–Crippen MR) is 66.5 cm³/mol. The van der Waals surface area contributed by atoms with E-state index in [2.05, 4.69) is 6.92 Å². The van der Waals surface area contributed by atoms with Crippen LogP contribution in [0.1, 0.15) is 26.7 Å². The molecule has 18 heavy (non-hydrogen) atoms. The van der Waals surface area contributed by atoms with E-state index >= 15 is 0 Å². The van der Waals surface area contributed by atoms with Crippen molar-refractivity contribution in [3.63, 3.8) is 0 Å². The number of nitrogens with zero attached hydrogens (tertiary/aromatic N) is 2. The number of urea groups is 1. The van der Waals surface area contributed by atoms with Crippen molar-refractivity contribution in [2.24, 2.45) is 0 Å². The Morgan fingerprint density at radius 3 is 2.72 bits per heavy atom. The van der Waals surface area contributed by atoms with Crippen LogP contribution in [0, 0.1) is 0 Å². The second-order valence-corrected chi connectivity index (χ2v) is 4.36. The molecule has 6 heteroatoms. The number of hydrogen-bond acceptors (Lipinski definition) is 3. The third-order valence-electron chi connectivity index (χ3n) is 3.05. The standard InChI is InChI=1S/C12H22N2O4/c1-3-5-6-13(4-2)12(17)14-7-8-18-10(9-14)11(15)16/h10H,3-9H2,1-2H3,(H,15,16). The minimum atomic E-state index is -1.01. The lowest BCUT2D eigenvalue weighted by Gasteiger charge is -2.34. The maximum Gasteiger partial charge on any atom is 0.334 e. The summed E-state index contributed by atoms with van der Waals surface area (Å²) in [5.41, 5.74) is 0. The molecule has 0 aromatic carbocycles. The summed E-state index contributed by atoms with van der Waals surface area (Å²) >= 11 is 0. The van der Waals surface area contributed by atoms with Crippen LogP contribution in [-0.2, 0) is 9.53 Å². The maximum atomic E-state index is 12.2. The fourth-order valence-electron chi connectivity index (χ4n) is 1.91. The molecule has 2 amide bonds. The Kier molecular flexibility index (Phi) is 5.91. The first-order valence-electron chi connectivity index (χ1n) is 6.48. The molecule has 0 aromatic rings. The molecule has 1 aliphatic rings. The van der Waals surface area contributed by atoms with Gasteiger partial charge in [0, 0.05) is 19.6 Å². The summed E-state index contributed by atoms with van der Waals surface area (Å²) < 4.78 is 5.10. The third kappa shape index (κ3) is 3.87. The predicted octanol–water partition coefficient (Wildman–Crippen LogP) is 1.01. The molecule has 1 heterocycles. The summed E-state index contributed by atoms with van der Waals surface area (Å²) in [5.74, 6) is -1.01. The van der Waals surface area contributed by atoms with Crippen LogP contribution in [0.15, 0.2) is 0 Å². The molecule has 1 unspecified atom stereocenters. The van der Waals surface area contributed by atoms with Crippen LogP contribution in [0.5, 0.6) is 0 Å². The Bertz CT molecular complexity index is 296. The van der Waals surface area contributed by atoms with Gasteiger partial charge >= 0.3 is 12.0 Å². The van der Waals surface area contributed by atoms with Crippen molar-refractivity contribution in [3.8, 4) is 0 Å². The van der Waals surface area contributed by atoms with Crippen LogP contribution in [-0.4, -0.2) is 65.8 Å². The van der Waals surface area contributed by atoms with Gasteiger partial charge in [-0.1, -0.05) is 13.3 Å². The van der Waals surface area contributed by atoms with Gasteiger partial charge in [-0.05, 0) is 13.3 Å². The fourth-order valence-corrected chi connectivity index (χ4v) is 1.91. The number of unbranched alkanes of at least 4 members (excludes halogenated alkanes) is 1. The molecular formula is C12H22N2O4. The third-order valence-corrected chi connectivity index (χ3v) is 3.05. The van der Waals surface area contributed by atoms with Crippen molar-refractivity contribution in [2.75, 3.05) is 32.8 Å². The van der Waals surface area contributed by atoms with Gasteiger partial charge in [0.25, 0.3) is 0 Å². The number of carboxylic acid groups (broad SMARTS) is 1. The molecule has 1 fully saturated rings. The van der Waals surface area contributed by atoms with E-state index in [1.165, 1.54) is 0 Å². The lowest BCUT2D eigenvalue weighted by molar-refractivity contribution is -0.154. The Labute approximate surface area is 107 Å². The number of morpholine rings is 1. The molecule has 1 aliphatic heterocycles. The first-order valence-corrected chi connectivity index (χ1v) is 6.48. The van der Waals surface area contributed by atoms with Crippen LogP contribution < -0.4 is 0 Å². The van der Waals surface area contributed by atoms with Gasteiger partial charge in [0.15, 0.2) is 6.10 Å². The molecule has 1 atom stereocenters. The lowest BCUT2D eigenvalue weighted by atomic mass is 10.2. The van der Waals surface area contributed by atoms with E-state index in [-0.39, 0.29) is 19.2 Å². The SMILES string of the molecule is CCCCN(CC)C(=O)N1CCOC(C(=O)O)C1. The summed E-state index contributed by atoms with van der Waals surface area (Å²) in [7, 11) is 0. The molecule has 1 rings (SSSR count). The number of amides is 2. The highest BCUT2D eigenvalue weighted by Crippen LogP contribution is 2.09. The summed E-state index contributed by atoms with van der Waals surface area (Å²) in [6.45, 7) is 6.27. The van der Waals surface area contributed by atoms with Crippen LogP contribution in [0.25, 0.3) is 0 Å². The minimum Gasteiger partial charge on any atom is -0.479 e. The summed E-state index contributed by atoms with van der Waals surface area (Å²) in [4.78, 5) is 26.4. The van der Waals surface area contributed by atoms with E-state index < -0.39 is 12.1 Å². The second-order valence-electron chi connectivity index (χ2n) is 4.36. The molecule has 0 saturated carbocycles. The van der Waals surface area contributed by atoms with Gasteiger partial charge in [-0.3, -0.25) is 0 Å². The van der Waals surface area contributed by atoms with Gasteiger partial charge in [0.1, 0.15) is 0 Å². The number of carboxylic acids is 1. The van der Waals surface area contributed by atoms with Gasteiger partial charge in [-0.25, -0.2) is 9.59 Å². The Morgan fingerprint density at radius 1 is 1.44 bits per heavy atom. The fraction of sp³-hybridized carbons (Fsp3) is 0.833. The minimum absolute atomic E-state index is 0.0829. The zero-order valence-corrected chi connectivity index (χ0v) is 11.1. The zero-order valence-electron chi connectivity index (χ0n) is 11.1. The van der Waals surface area contributed by atoms with Gasteiger partial charge in [0.05, 0.1) is 13.2 Å². The monoisotopic (exact) mass is 258 g/mol. The molecule has 0 aromatic heterocycles. The van der Waals surface area contributed by atoms with E-state index in [0.29, 0.717) is 13.1 Å². The topological polar surface area (TPSA) is 70.1 Å². The number of ether oxygens (including phenoxy) is 1. The van der Waals surface area contributed by atoms with E-state index in [0.717, 1.165) is 19.4 Å². The smallest absolute Gasteiger partial charge is 0.334 e.